The number of carbonyl (C=O) groups excluding carboxylic acids is 2. The Labute approximate surface area is 150 Å². The molecule has 0 fully saturated rings. The second-order valence-corrected chi connectivity index (χ2v) is 5.90. The summed E-state index contributed by atoms with van der Waals surface area (Å²) in [4.78, 5) is 31.5. The molecular formula is C19H20N4O3. The molecular weight excluding hydrogens is 332 g/mol. The van der Waals surface area contributed by atoms with E-state index in [1.165, 1.54) is 20.2 Å². The fourth-order valence-corrected chi connectivity index (χ4v) is 2.78. The van der Waals surface area contributed by atoms with Gasteiger partial charge in [0.05, 0.1) is 19.0 Å². The quantitative estimate of drug-likeness (QED) is 0.634. The molecule has 1 atom stereocenters. The number of amides is 2. The number of methoxy groups -OCH3 is 1. The highest BCUT2D eigenvalue weighted by Gasteiger charge is 2.21. The first-order valence-corrected chi connectivity index (χ1v) is 8.20. The third-order valence-corrected chi connectivity index (χ3v) is 4.01. The second-order valence-electron chi connectivity index (χ2n) is 5.90. The van der Waals surface area contributed by atoms with Gasteiger partial charge in [0, 0.05) is 36.5 Å². The molecule has 0 saturated heterocycles. The van der Waals surface area contributed by atoms with E-state index >= 15 is 0 Å². The second kappa shape index (κ2) is 7.69. The molecule has 2 aromatic heterocycles. The van der Waals surface area contributed by atoms with Gasteiger partial charge in [0.25, 0.3) is 0 Å². The topological polar surface area (TPSA) is 96.1 Å². The van der Waals surface area contributed by atoms with Crippen LogP contribution in [0.5, 0.6) is 5.88 Å². The van der Waals surface area contributed by atoms with Crippen molar-refractivity contribution in [3.05, 3.63) is 54.4 Å². The summed E-state index contributed by atoms with van der Waals surface area (Å²) in [6.07, 6.45) is 3.74. The van der Waals surface area contributed by atoms with Crippen molar-refractivity contribution in [2.45, 2.75) is 19.4 Å². The lowest BCUT2D eigenvalue weighted by Gasteiger charge is -2.17. The van der Waals surface area contributed by atoms with E-state index in [0.29, 0.717) is 18.0 Å². The highest BCUT2D eigenvalue weighted by Crippen LogP contribution is 2.20. The van der Waals surface area contributed by atoms with Gasteiger partial charge in [0.2, 0.25) is 17.7 Å². The maximum atomic E-state index is 12.7. The minimum Gasteiger partial charge on any atom is -0.481 e. The van der Waals surface area contributed by atoms with Crippen LogP contribution in [0.2, 0.25) is 0 Å². The molecule has 0 aliphatic carbocycles. The number of carbonyl (C=O) groups is 2. The number of para-hydroxylation sites is 1. The molecule has 0 saturated carbocycles. The molecule has 2 heterocycles. The van der Waals surface area contributed by atoms with Gasteiger partial charge in [-0.15, -0.1) is 0 Å². The Morgan fingerprint density at radius 3 is 2.73 bits per heavy atom. The van der Waals surface area contributed by atoms with Gasteiger partial charge >= 0.3 is 0 Å². The third kappa shape index (κ3) is 4.00. The number of benzene rings is 1. The summed E-state index contributed by atoms with van der Waals surface area (Å²) in [6, 6.07) is 10.5. The van der Waals surface area contributed by atoms with E-state index in [9.17, 15) is 9.59 Å². The molecule has 7 nitrogen and oxygen atoms in total. The number of aromatic amines is 1. The van der Waals surface area contributed by atoms with E-state index < -0.39 is 6.04 Å². The highest BCUT2D eigenvalue weighted by molar-refractivity contribution is 5.97. The Kier molecular flexibility index (Phi) is 5.17. The fraction of sp³-hybridized carbons (Fsp3) is 0.211. The van der Waals surface area contributed by atoms with Crippen LogP contribution in [-0.2, 0) is 16.0 Å². The van der Waals surface area contributed by atoms with Crippen molar-refractivity contribution < 1.29 is 14.3 Å². The number of fused-ring (bicyclic) bond motifs is 1. The monoisotopic (exact) mass is 352 g/mol. The molecule has 7 heteroatoms. The van der Waals surface area contributed by atoms with Crippen molar-refractivity contribution in [3.63, 3.8) is 0 Å². The molecule has 1 unspecified atom stereocenters. The van der Waals surface area contributed by atoms with Crippen molar-refractivity contribution in [1.82, 2.24) is 15.3 Å². The van der Waals surface area contributed by atoms with Gasteiger partial charge < -0.3 is 20.4 Å². The summed E-state index contributed by atoms with van der Waals surface area (Å²) >= 11 is 0. The van der Waals surface area contributed by atoms with Crippen LogP contribution in [0.15, 0.2) is 48.8 Å². The van der Waals surface area contributed by atoms with Gasteiger partial charge in [-0.1, -0.05) is 18.2 Å². The fourth-order valence-electron chi connectivity index (χ4n) is 2.78. The number of hydrogen-bond donors (Lipinski definition) is 3. The smallest absolute Gasteiger partial charge is 0.247 e. The minimum absolute atomic E-state index is 0.266. The van der Waals surface area contributed by atoms with E-state index in [-0.39, 0.29) is 11.8 Å². The predicted molar refractivity (Wildman–Crippen MR) is 99.0 cm³/mol. The lowest BCUT2D eigenvalue weighted by molar-refractivity contribution is -0.125. The van der Waals surface area contributed by atoms with Crippen LogP contribution in [0.4, 0.5) is 5.69 Å². The number of aromatic nitrogens is 2. The molecule has 0 aliphatic rings. The summed E-state index contributed by atoms with van der Waals surface area (Å²) in [5.41, 5.74) is 2.48. The van der Waals surface area contributed by atoms with Crippen LogP contribution in [-0.4, -0.2) is 34.9 Å². The number of anilines is 1. The average Bonchev–Trinajstić information content (AvgIpc) is 3.04. The first-order chi connectivity index (χ1) is 12.6. The van der Waals surface area contributed by atoms with Crippen molar-refractivity contribution in [2.24, 2.45) is 0 Å². The SMILES string of the molecule is COc1ccc(NC(=O)C(Cc2c[nH]c3ccccc23)NC(C)=O)cn1. The van der Waals surface area contributed by atoms with E-state index in [1.54, 1.807) is 12.1 Å². The van der Waals surface area contributed by atoms with Crippen LogP contribution >= 0.6 is 0 Å². The number of H-pyrrole nitrogens is 1. The van der Waals surface area contributed by atoms with E-state index in [0.717, 1.165) is 16.5 Å². The van der Waals surface area contributed by atoms with Gasteiger partial charge in [-0.05, 0) is 17.7 Å². The van der Waals surface area contributed by atoms with Crippen LogP contribution in [0, 0.1) is 0 Å². The Morgan fingerprint density at radius 2 is 2.04 bits per heavy atom. The van der Waals surface area contributed by atoms with Gasteiger partial charge in [-0.2, -0.15) is 0 Å². The molecule has 3 N–H and O–H groups in total. The zero-order valence-corrected chi connectivity index (χ0v) is 14.6. The zero-order valence-electron chi connectivity index (χ0n) is 14.6. The normalized spacial score (nSPS) is 11.8. The Hall–Kier alpha value is -3.35. The largest absolute Gasteiger partial charge is 0.481 e. The number of ether oxygens (including phenoxy) is 1. The Morgan fingerprint density at radius 1 is 1.23 bits per heavy atom. The van der Waals surface area contributed by atoms with Gasteiger partial charge in [-0.25, -0.2) is 4.98 Å². The number of nitrogens with zero attached hydrogens (tertiary/aromatic N) is 1. The van der Waals surface area contributed by atoms with Crippen LogP contribution < -0.4 is 15.4 Å². The van der Waals surface area contributed by atoms with Gasteiger partial charge in [0.1, 0.15) is 6.04 Å². The zero-order chi connectivity index (χ0) is 18.5. The molecule has 2 amide bonds. The number of rotatable bonds is 6. The summed E-state index contributed by atoms with van der Waals surface area (Å²) in [5, 5.41) is 6.52. The molecule has 134 valence electrons. The number of pyridine rings is 1. The maximum absolute atomic E-state index is 12.7. The van der Waals surface area contributed by atoms with Crippen molar-refractivity contribution in [2.75, 3.05) is 12.4 Å². The number of hydrogen-bond acceptors (Lipinski definition) is 4. The molecule has 0 bridgehead atoms. The van der Waals surface area contributed by atoms with Crippen LogP contribution in [0.25, 0.3) is 10.9 Å². The van der Waals surface area contributed by atoms with E-state index in [2.05, 4.69) is 20.6 Å². The third-order valence-electron chi connectivity index (χ3n) is 4.01. The van der Waals surface area contributed by atoms with E-state index in [1.807, 2.05) is 30.5 Å². The van der Waals surface area contributed by atoms with Crippen molar-refractivity contribution in [3.8, 4) is 5.88 Å². The lowest BCUT2D eigenvalue weighted by atomic mass is 10.0. The van der Waals surface area contributed by atoms with E-state index in [4.69, 9.17) is 4.74 Å². The van der Waals surface area contributed by atoms with Crippen molar-refractivity contribution >= 4 is 28.4 Å². The molecule has 3 rings (SSSR count). The van der Waals surface area contributed by atoms with Gasteiger partial charge in [0.15, 0.2) is 0 Å². The molecule has 0 spiro atoms. The lowest BCUT2D eigenvalue weighted by Crippen LogP contribution is -2.44. The summed E-state index contributed by atoms with van der Waals surface area (Å²) in [7, 11) is 1.52. The Bertz CT molecular complexity index is 918. The van der Waals surface area contributed by atoms with Crippen LogP contribution in [0.1, 0.15) is 12.5 Å². The molecule has 1 aromatic carbocycles. The molecule has 3 aromatic rings. The minimum atomic E-state index is -0.700. The average molecular weight is 352 g/mol. The highest BCUT2D eigenvalue weighted by atomic mass is 16.5. The summed E-state index contributed by atoms with van der Waals surface area (Å²) in [6.45, 7) is 1.39. The summed E-state index contributed by atoms with van der Waals surface area (Å²) in [5.74, 6) is -0.115. The van der Waals surface area contributed by atoms with Gasteiger partial charge in [-0.3, -0.25) is 9.59 Å². The summed E-state index contributed by atoms with van der Waals surface area (Å²) < 4.78 is 5.00. The molecule has 26 heavy (non-hydrogen) atoms. The van der Waals surface area contributed by atoms with Crippen molar-refractivity contribution in [1.29, 1.82) is 0 Å². The predicted octanol–water partition coefficient (Wildman–Crippen LogP) is 2.26. The molecule has 0 radical (unpaired) electrons. The van der Waals surface area contributed by atoms with Crippen LogP contribution in [0.3, 0.4) is 0 Å². The standard InChI is InChI=1S/C19H20N4O3/c1-12(24)22-17(9-13-10-20-16-6-4-3-5-15(13)16)19(25)23-14-7-8-18(26-2)21-11-14/h3-8,10-11,17,20H,9H2,1-2H3,(H,22,24)(H,23,25). The molecule has 0 aliphatic heterocycles. The first-order valence-electron chi connectivity index (χ1n) is 8.20. The first kappa shape index (κ1) is 17.5. The Balaban J connectivity index is 1.78. The number of nitrogens with one attached hydrogen (secondary N) is 3. The maximum Gasteiger partial charge on any atom is 0.247 e.